The Morgan fingerprint density at radius 3 is 2.69 bits per heavy atom. The molecule has 1 aliphatic rings. The zero-order chi connectivity index (χ0) is 21.2. The van der Waals surface area contributed by atoms with Crippen LogP contribution in [0, 0.1) is 5.92 Å². The standard InChI is InChI=1S/C20H27BrN4O3S/c1-20(2,3)28-19(27)23-7-4-12-5-8-25(9-6-12)18-16-13(14(21)11-24-18)10-15(29-16)17(22)26/h10-12H,4-9H2,1-3H3,(H2,22,26)(H,23,27). The number of carbonyl (C=O) groups excluding carboxylic acids is 2. The van der Waals surface area contributed by atoms with Crippen molar-refractivity contribution in [2.24, 2.45) is 11.7 Å². The largest absolute Gasteiger partial charge is 0.444 e. The number of nitrogens with two attached hydrogens (primary N) is 1. The number of piperidine rings is 1. The first-order valence-corrected chi connectivity index (χ1v) is 11.3. The molecule has 3 heterocycles. The van der Waals surface area contributed by atoms with Crippen LogP contribution in [0.1, 0.15) is 49.7 Å². The lowest BCUT2D eigenvalue weighted by Gasteiger charge is -2.33. The number of primary amides is 1. The van der Waals surface area contributed by atoms with Gasteiger partial charge >= 0.3 is 6.09 Å². The molecule has 1 fully saturated rings. The van der Waals surface area contributed by atoms with Crippen molar-refractivity contribution < 1.29 is 14.3 Å². The van der Waals surface area contributed by atoms with Crippen molar-refractivity contribution in [1.29, 1.82) is 0 Å². The molecule has 0 aliphatic carbocycles. The quantitative estimate of drug-likeness (QED) is 0.662. The van der Waals surface area contributed by atoms with E-state index in [0.29, 0.717) is 17.3 Å². The fourth-order valence-electron chi connectivity index (χ4n) is 3.45. The molecule has 0 saturated carbocycles. The molecule has 7 nitrogen and oxygen atoms in total. The number of nitrogens with one attached hydrogen (secondary N) is 1. The maximum Gasteiger partial charge on any atom is 0.407 e. The highest BCUT2D eigenvalue weighted by Crippen LogP contribution is 2.38. The molecular formula is C20H27BrN4O3S. The summed E-state index contributed by atoms with van der Waals surface area (Å²) in [7, 11) is 0. The van der Waals surface area contributed by atoms with E-state index in [1.807, 2.05) is 26.8 Å². The smallest absolute Gasteiger partial charge is 0.407 e. The maximum absolute atomic E-state index is 11.8. The van der Waals surface area contributed by atoms with Gasteiger partial charge in [0.1, 0.15) is 11.4 Å². The summed E-state index contributed by atoms with van der Waals surface area (Å²) in [6.07, 6.45) is 4.42. The second kappa shape index (κ2) is 8.87. The van der Waals surface area contributed by atoms with Crippen molar-refractivity contribution in [2.75, 3.05) is 24.5 Å². The van der Waals surface area contributed by atoms with Crippen LogP contribution in [0.25, 0.3) is 10.1 Å². The number of pyridine rings is 1. The first kappa shape index (κ1) is 21.8. The minimum atomic E-state index is -0.478. The van der Waals surface area contributed by atoms with E-state index in [0.717, 1.165) is 52.7 Å². The van der Waals surface area contributed by atoms with Crippen LogP contribution in [0.3, 0.4) is 0 Å². The third-order valence-electron chi connectivity index (χ3n) is 4.87. The molecule has 0 unspecified atom stereocenters. The molecule has 158 valence electrons. The molecule has 1 aliphatic heterocycles. The lowest BCUT2D eigenvalue weighted by atomic mass is 9.93. The number of aromatic nitrogens is 1. The van der Waals surface area contributed by atoms with E-state index >= 15 is 0 Å². The summed E-state index contributed by atoms with van der Waals surface area (Å²) in [5.41, 5.74) is 4.98. The SMILES string of the molecule is CC(C)(C)OC(=O)NCCC1CCN(c2ncc(Br)c3cc(C(N)=O)sc23)CC1. The summed E-state index contributed by atoms with van der Waals surface area (Å²) < 4.78 is 7.12. The number of carbonyl (C=O) groups is 2. The first-order valence-electron chi connectivity index (χ1n) is 9.73. The fourth-order valence-corrected chi connectivity index (χ4v) is 5.05. The third kappa shape index (κ3) is 5.60. The molecule has 0 aromatic carbocycles. The number of anilines is 1. The van der Waals surface area contributed by atoms with Crippen molar-refractivity contribution in [3.8, 4) is 0 Å². The molecule has 2 aromatic rings. The van der Waals surface area contributed by atoms with E-state index < -0.39 is 11.5 Å². The van der Waals surface area contributed by atoms with Crippen LogP contribution in [0.5, 0.6) is 0 Å². The van der Waals surface area contributed by atoms with Gasteiger partial charge in [0.05, 0.1) is 9.58 Å². The highest BCUT2D eigenvalue weighted by molar-refractivity contribution is 9.10. The second-order valence-corrected chi connectivity index (χ2v) is 10.2. The molecule has 29 heavy (non-hydrogen) atoms. The molecule has 3 rings (SSSR count). The number of hydrogen-bond acceptors (Lipinski definition) is 6. The third-order valence-corrected chi connectivity index (χ3v) is 6.65. The number of ether oxygens (including phenoxy) is 1. The van der Waals surface area contributed by atoms with E-state index in [2.05, 4.69) is 31.1 Å². The number of rotatable bonds is 5. The number of nitrogens with zero attached hydrogens (tertiary/aromatic N) is 2. The van der Waals surface area contributed by atoms with Crippen LogP contribution in [0.4, 0.5) is 10.6 Å². The Kier molecular flexibility index (Phi) is 6.68. The highest BCUT2D eigenvalue weighted by atomic mass is 79.9. The minimum absolute atomic E-state index is 0.362. The van der Waals surface area contributed by atoms with Gasteiger partial charge in [-0.1, -0.05) is 0 Å². The average molecular weight is 483 g/mol. The number of fused-ring (bicyclic) bond motifs is 1. The molecule has 2 aromatic heterocycles. The molecule has 3 N–H and O–H groups in total. The van der Waals surface area contributed by atoms with E-state index in [9.17, 15) is 9.59 Å². The Labute approximate surface area is 183 Å². The first-order chi connectivity index (χ1) is 13.6. The minimum Gasteiger partial charge on any atom is -0.444 e. The van der Waals surface area contributed by atoms with Crippen LogP contribution in [-0.4, -0.2) is 42.2 Å². The molecule has 0 radical (unpaired) electrons. The Morgan fingerprint density at radius 2 is 2.07 bits per heavy atom. The van der Waals surface area contributed by atoms with Gasteiger partial charge in [0.25, 0.3) is 5.91 Å². The van der Waals surface area contributed by atoms with Crippen LogP contribution < -0.4 is 16.0 Å². The Hall–Kier alpha value is -1.87. The van der Waals surface area contributed by atoms with E-state index in [1.165, 1.54) is 11.3 Å². The molecule has 2 amide bonds. The summed E-state index contributed by atoms with van der Waals surface area (Å²) in [6, 6.07) is 1.83. The van der Waals surface area contributed by atoms with Gasteiger partial charge in [-0.15, -0.1) is 11.3 Å². The van der Waals surface area contributed by atoms with Crippen molar-refractivity contribution in [3.63, 3.8) is 0 Å². The fraction of sp³-hybridized carbons (Fsp3) is 0.550. The Morgan fingerprint density at radius 1 is 1.38 bits per heavy atom. The molecule has 9 heteroatoms. The average Bonchev–Trinajstić information content (AvgIpc) is 3.08. The van der Waals surface area contributed by atoms with Gasteiger partial charge in [0.2, 0.25) is 0 Å². The summed E-state index contributed by atoms with van der Waals surface area (Å²) in [5, 5.41) is 3.81. The lowest BCUT2D eigenvalue weighted by Crippen LogP contribution is -2.37. The predicted octanol–water partition coefficient (Wildman–Crippen LogP) is 4.29. The molecule has 0 bridgehead atoms. The van der Waals surface area contributed by atoms with Crippen molar-refractivity contribution in [1.82, 2.24) is 10.3 Å². The van der Waals surface area contributed by atoms with Crippen LogP contribution in [0.15, 0.2) is 16.7 Å². The second-order valence-electron chi connectivity index (χ2n) is 8.30. The number of hydrogen-bond donors (Lipinski definition) is 2. The van der Waals surface area contributed by atoms with Crippen molar-refractivity contribution in [3.05, 3.63) is 21.6 Å². The van der Waals surface area contributed by atoms with E-state index in [-0.39, 0.29) is 6.09 Å². The molecule has 1 saturated heterocycles. The monoisotopic (exact) mass is 482 g/mol. The van der Waals surface area contributed by atoms with Crippen LogP contribution in [-0.2, 0) is 4.74 Å². The van der Waals surface area contributed by atoms with Crippen molar-refractivity contribution in [2.45, 2.75) is 45.6 Å². The number of halogens is 1. The Bertz CT molecular complexity index is 901. The van der Waals surface area contributed by atoms with Crippen LogP contribution >= 0.6 is 27.3 Å². The van der Waals surface area contributed by atoms with Crippen LogP contribution in [0.2, 0.25) is 0 Å². The molecule has 0 spiro atoms. The normalized spacial score (nSPS) is 15.5. The topological polar surface area (TPSA) is 97.6 Å². The van der Waals surface area contributed by atoms with Gasteiger partial charge in [-0.05, 0) is 67.9 Å². The van der Waals surface area contributed by atoms with Gasteiger partial charge in [-0.2, -0.15) is 0 Å². The predicted molar refractivity (Wildman–Crippen MR) is 120 cm³/mol. The zero-order valence-electron chi connectivity index (χ0n) is 17.0. The van der Waals surface area contributed by atoms with E-state index in [4.69, 9.17) is 10.5 Å². The van der Waals surface area contributed by atoms with Gasteiger partial charge < -0.3 is 20.7 Å². The number of amides is 2. The van der Waals surface area contributed by atoms with Gasteiger partial charge in [0.15, 0.2) is 0 Å². The number of alkyl carbamates (subject to hydrolysis) is 1. The summed E-state index contributed by atoms with van der Waals surface area (Å²) in [6.45, 7) is 7.97. The zero-order valence-corrected chi connectivity index (χ0v) is 19.4. The Balaban J connectivity index is 1.56. The van der Waals surface area contributed by atoms with Gasteiger partial charge in [0, 0.05) is 35.7 Å². The number of thiophene rings is 1. The summed E-state index contributed by atoms with van der Waals surface area (Å²) in [5.74, 6) is 1.04. The van der Waals surface area contributed by atoms with E-state index in [1.54, 1.807) is 6.20 Å². The highest BCUT2D eigenvalue weighted by Gasteiger charge is 2.24. The maximum atomic E-state index is 11.8. The molecular weight excluding hydrogens is 456 g/mol. The summed E-state index contributed by atoms with van der Waals surface area (Å²) >= 11 is 4.91. The van der Waals surface area contributed by atoms with Gasteiger partial charge in [-0.25, -0.2) is 9.78 Å². The van der Waals surface area contributed by atoms with Crippen molar-refractivity contribution >= 4 is 55.2 Å². The molecule has 0 atom stereocenters. The lowest BCUT2D eigenvalue weighted by molar-refractivity contribution is 0.0524. The summed E-state index contributed by atoms with van der Waals surface area (Å²) in [4.78, 5) is 30.8. The van der Waals surface area contributed by atoms with Gasteiger partial charge in [-0.3, -0.25) is 4.79 Å².